The first-order chi connectivity index (χ1) is 8.52. The molecule has 0 spiro atoms. The summed E-state index contributed by atoms with van der Waals surface area (Å²) in [4.78, 5) is 26.1. The van der Waals surface area contributed by atoms with E-state index >= 15 is 0 Å². The van der Waals surface area contributed by atoms with Gasteiger partial charge in [-0.3, -0.25) is 9.79 Å². The predicted molar refractivity (Wildman–Crippen MR) is 66.5 cm³/mol. The Morgan fingerprint density at radius 1 is 1.56 bits per heavy atom. The van der Waals surface area contributed by atoms with Crippen LogP contribution in [0.3, 0.4) is 0 Å². The molecule has 6 heteroatoms. The van der Waals surface area contributed by atoms with Crippen molar-refractivity contribution in [1.82, 2.24) is 0 Å². The lowest BCUT2D eigenvalue weighted by atomic mass is 10.0. The first kappa shape index (κ1) is 14.6. The number of aliphatic imine (C=N–C) groups is 1. The second-order valence-corrected chi connectivity index (χ2v) is 4.60. The largest absolute Gasteiger partial charge is 0.480 e. The molecule has 0 saturated carbocycles. The molecule has 6 nitrogen and oxygen atoms in total. The Bertz CT molecular complexity index is 330. The van der Waals surface area contributed by atoms with Crippen LogP contribution in [0.15, 0.2) is 4.99 Å². The molecule has 102 valence electrons. The number of carbonyl (C=O) groups excluding carboxylic acids is 1. The Hall–Kier alpha value is -1.43. The molecule has 3 N–H and O–H groups in total. The second-order valence-electron chi connectivity index (χ2n) is 4.60. The quantitative estimate of drug-likeness (QED) is 0.512. The molecule has 0 fully saturated rings. The summed E-state index contributed by atoms with van der Waals surface area (Å²) in [5, 5.41) is 8.57. The minimum absolute atomic E-state index is 0.206. The topological polar surface area (TPSA) is 102 Å². The number of aliphatic carboxylic acids is 1. The molecule has 0 aromatic heterocycles. The maximum absolute atomic E-state index is 11.6. The van der Waals surface area contributed by atoms with Crippen LogP contribution in [0.25, 0.3) is 0 Å². The zero-order valence-electron chi connectivity index (χ0n) is 10.5. The SMILES string of the molecule is C[C@@H]1CC=N[C@H]1C(=O)OCCCCC(N)C(=O)O. The lowest BCUT2D eigenvalue weighted by Gasteiger charge is -2.12. The van der Waals surface area contributed by atoms with Crippen molar-refractivity contribution in [3.63, 3.8) is 0 Å². The van der Waals surface area contributed by atoms with Gasteiger partial charge in [-0.05, 0) is 31.6 Å². The van der Waals surface area contributed by atoms with Crippen LogP contribution in [-0.4, -0.2) is 42.0 Å². The lowest BCUT2D eigenvalue weighted by molar-refractivity contribution is -0.146. The lowest BCUT2D eigenvalue weighted by Crippen LogP contribution is -2.30. The van der Waals surface area contributed by atoms with Crippen LogP contribution in [0.1, 0.15) is 32.6 Å². The Morgan fingerprint density at radius 2 is 2.28 bits per heavy atom. The molecule has 1 aliphatic heterocycles. The van der Waals surface area contributed by atoms with E-state index in [2.05, 4.69) is 4.99 Å². The predicted octanol–water partition coefficient (Wildman–Crippen LogP) is 0.591. The Labute approximate surface area is 106 Å². The molecule has 18 heavy (non-hydrogen) atoms. The van der Waals surface area contributed by atoms with Gasteiger partial charge in [0, 0.05) is 6.21 Å². The highest BCUT2D eigenvalue weighted by atomic mass is 16.5. The van der Waals surface area contributed by atoms with Crippen LogP contribution in [0.2, 0.25) is 0 Å². The average Bonchev–Trinajstić information content (AvgIpc) is 2.74. The third kappa shape index (κ3) is 4.44. The molecule has 0 radical (unpaired) electrons. The van der Waals surface area contributed by atoms with Gasteiger partial charge in [0.25, 0.3) is 0 Å². The molecule has 3 atom stereocenters. The Balaban J connectivity index is 2.09. The summed E-state index contributed by atoms with van der Waals surface area (Å²) in [5.41, 5.74) is 5.35. The van der Waals surface area contributed by atoms with Gasteiger partial charge >= 0.3 is 11.9 Å². The minimum Gasteiger partial charge on any atom is -0.480 e. The number of nitrogens with zero attached hydrogens (tertiary/aromatic N) is 1. The molecule has 0 aromatic carbocycles. The molecule has 1 aliphatic rings. The first-order valence-corrected chi connectivity index (χ1v) is 6.19. The third-order valence-electron chi connectivity index (χ3n) is 2.99. The standard InChI is InChI=1S/C12H20N2O4/c1-8-5-6-14-10(8)12(17)18-7-3-2-4-9(13)11(15)16/h6,8-10H,2-5,7,13H2,1H3,(H,15,16)/t8-,9?,10-/m1/s1. The normalized spacial score (nSPS) is 23.9. The van der Waals surface area contributed by atoms with Gasteiger partial charge < -0.3 is 15.6 Å². The molecule has 1 unspecified atom stereocenters. The molecular formula is C12H20N2O4. The number of rotatable bonds is 7. The summed E-state index contributed by atoms with van der Waals surface area (Å²) in [6.07, 6.45) is 4.21. The number of nitrogens with two attached hydrogens (primary N) is 1. The summed E-state index contributed by atoms with van der Waals surface area (Å²) >= 11 is 0. The van der Waals surface area contributed by atoms with Gasteiger partial charge in [-0.1, -0.05) is 6.92 Å². The molecule has 0 amide bonds. The van der Waals surface area contributed by atoms with Gasteiger partial charge in [0.1, 0.15) is 12.1 Å². The fourth-order valence-electron chi connectivity index (χ4n) is 1.76. The van der Waals surface area contributed by atoms with E-state index in [0.717, 1.165) is 6.42 Å². The molecule has 0 aliphatic carbocycles. The maximum atomic E-state index is 11.6. The van der Waals surface area contributed by atoms with Gasteiger partial charge in [0.15, 0.2) is 0 Å². The van der Waals surface area contributed by atoms with E-state index < -0.39 is 12.0 Å². The number of esters is 1. The van der Waals surface area contributed by atoms with Crippen molar-refractivity contribution >= 4 is 18.2 Å². The summed E-state index contributed by atoms with van der Waals surface area (Å²) in [6, 6.07) is -1.20. The number of ether oxygens (including phenoxy) is 1. The molecule has 1 rings (SSSR count). The summed E-state index contributed by atoms with van der Waals surface area (Å²) < 4.78 is 5.10. The van der Waals surface area contributed by atoms with E-state index in [1.165, 1.54) is 0 Å². The maximum Gasteiger partial charge on any atom is 0.331 e. The molecule has 0 saturated heterocycles. The van der Waals surface area contributed by atoms with Gasteiger partial charge in [-0.15, -0.1) is 0 Å². The fraction of sp³-hybridized carbons (Fsp3) is 0.750. The van der Waals surface area contributed by atoms with E-state index in [0.29, 0.717) is 25.9 Å². The van der Waals surface area contributed by atoms with Crippen molar-refractivity contribution in [3.05, 3.63) is 0 Å². The smallest absolute Gasteiger partial charge is 0.331 e. The van der Waals surface area contributed by atoms with Crippen molar-refractivity contribution in [2.24, 2.45) is 16.6 Å². The van der Waals surface area contributed by atoms with Crippen molar-refractivity contribution in [1.29, 1.82) is 0 Å². The van der Waals surface area contributed by atoms with Crippen LogP contribution in [0.5, 0.6) is 0 Å². The summed E-state index contributed by atoms with van der Waals surface area (Å²) in [5.74, 6) is -1.09. The van der Waals surface area contributed by atoms with Crippen LogP contribution in [0.4, 0.5) is 0 Å². The van der Waals surface area contributed by atoms with Gasteiger partial charge in [-0.25, -0.2) is 4.79 Å². The first-order valence-electron chi connectivity index (χ1n) is 6.19. The van der Waals surface area contributed by atoms with Crippen molar-refractivity contribution < 1.29 is 19.4 Å². The second kappa shape index (κ2) is 7.10. The Morgan fingerprint density at radius 3 is 2.83 bits per heavy atom. The highest BCUT2D eigenvalue weighted by Crippen LogP contribution is 2.18. The number of hydrogen-bond donors (Lipinski definition) is 2. The zero-order chi connectivity index (χ0) is 13.5. The van der Waals surface area contributed by atoms with Crippen LogP contribution >= 0.6 is 0 Å². The average molecular weight is 256 g/mol. The van der Waals surface area contributed by atoms with Crippen LogP contribution in [-0.2, 0) is 14.3 Å². The number of unbranched alkanes of at least 4 members (excludes halogenated alkanes) is 1. The molecule has 0 bridgehead atoms. The van der Waals surface area contributed by atoms with E-state index in [-0.39, 0.29) is 17.9 Å². The third-order valence-corrected chi connectivity index (χ3v) is 2.99. The minimum atomic E-state index is -0.999. The molecular weight excluding hydrogens is 236 g/mol. The Kier molecular flexibility index (Phi) is 5.77. The molecule has 0 aromatic rings. The molecule has 1 heterocycles. The van der Waals surface area contributed by atoms with Gasteiger partial charge in [0.2, 0.25) is 0 Å². The van der Waals surface area contributed by atoms with Gasteiger partial charge in [0.05, 0.1) is 6.61 Å². The monoisotopic (exact) mass is 256 g/mol. The summed E-state index contributed by atoms with van der Waals surface area (Å²) in [6.45, 7) is 2.26. The van der Waals surface area contributed by atoms with E-state index in [1.54, 1.807) is 6.21 Å². The van der Waals surface area contributed by atoms with E-state index in [4.69, 9.17) is 15.6 Å². The number of carbonyl (C=O) groups is 2. The highest BCUT2D eigenvalue weighted by molar-refractivity contribution is 5.81. The summed E-state index contributed by atoms with van der Waals surface area (Å²) in [7, 11) is 0. The van der Waals surface area contributed by atoms with Crippen molar-refractivity contribution in [2.45, 2.75) is 44.7 Å². The highest BCUT2D eigenvalue weighted by Gasteiger charge is 2.28. The van der Waals surface area contributed by atoms with Crippen molar-refractivity contribution in [2.75, 3.05) is 6.61 Å². The van der Waals surface area contributed by atoms with Crippen LogP contribution in [0, 0.1) is 5.92 Å². The van der Waals surface area contributed by atoms with E-state index in [1.807, 2.05) is 6.92 Å². The number of carboxylic acid groups (broad SMARTS) is 1. The zero-order valence-corrected chi connectivity index (χ0v) is 10.5. The number of hydrogen-bond acceptors (Lipinski definition) is 5. The van der Waals surface area contributed by atoms with Crippen LogP contribution < -0.4 is 5.73 Å². The fourth-order valence-corrected chi connectivity index (χ4v) is 1.76. The van der Waals surface area contributed by atoms with Gasteiger partial charge in [-0.2, -0.15) is 0 Å². The van der Waals surface area contributed by atoms with Crippen molar-refractivity contribution in [3.8, 4) is 0 Å². The number of carboxylic acids is 1. The van der Waals surface area contributed by atoms with E-state index in [9.17, 15) is 9.59 Å².